The summed E-state index contributed by atoms with van der Waals surface area (Å²) in [6, 6.07) is 0. The van der Waals surface area contributed by atoms with Crippen molar-refractivity contribution in [3.8, 4) is 0 Å². The van der Waals surface area contributed by atoms with Crippen molar-refractivity contribution in [2.45, 2.75) is 6.42 Å². The molecule has 0 radical (unpaired) electrons. The van der Waals surface area contributed by atoms with Gasteiger partial charge in [-0.05, 0) is 12.2 Å². The van der Waals surface area contributed by atoms with Gasteiger partial charge in [0.1, 0.15) is 0 Å². The lowest BCUT2D eigenvalue weighted by molar-refractivity contribution is -0.687. The first kappa shape index (κ1) is 7.87. The number of carbonyl (C=O) groups is 1. The van der Waals surface area contributed by atoms with Crippen LogP contribution >= 0.6 is 12.2 Å². The normalized spacial score (nSPS) is 17.3. The zero-order valence-corrected chi connectivity index (χ0v) is 6.34. The molecule has 0 aliphatic carbocycles. The maximum Gasteiger partial charge on any atom is 0.406 e. The first-order valence-corrected chi connectivity index (χ1v) is 3.32. The molecule has 0 spiro atoms. The highest BCUT2D eigenvalue weighted by molar-refractivity contribution is 7.80. The molecule has 2 N–H and O–H groups in total. The molecule has 5 heteroatoms. The Bertz CT molecular complexity index is 280. The molecule has 0 fully saturated rings. The second-order valence-electron chi connectivity index (χ2n) is 2.00. The minimum atomic E-state index is -1.19. The SMILES string of the molecule is O=C(O)C1=[N+](O)C(=S)CC=C1. The summed E-state index contributed by atoms with van der Waals surface area (Å²) in [6.45, 7) is 0. The summed E-state index contributed by atoms with van der Waals surface area (Å²) >= 11 is 4.67. The van der Waals surface area contributed by atoms with Gasteiger partial charge in [-0.1, -0.05) is 6.08 Å². The van der Waals surface area contributed by atoms with E-state index in [1.54, 1.807) is 6.08 Å². The van der Waals surface area contributed by atoms with Gasteiger partial charge < -0.3 is 5.11 Å². The molecule has 1 heterocycles. The van der Waals surface area contributed by atoms with Crippen molar-refractivity contribution in [3.05, 3.63) is 12.2 Å². The average Bonchev–Trinajstić information content (AvgIpc) is 1.94. The molecule has 0 aromatic heterocycles. The number of carboxylic acid groups (broad SMARTS) is 1. The molecule has 0 saturated carbocycles. The van der Waals surface area contributed by atoms with Gasteiger partial charge in [-0.3, -0.25) is 5.21 Å². The van der Waals surface area contributed by atoms with Gasteiger partial charge in [-0.2, -0.15) is 0 Å². The van der Waals surface area contributed by atoms with Crippen LogP contribution in [0.25, 0.3) is 0 Å². The number of nitrogens with zero attached hydrogens (tertiary/aromatic N) is 1. The second-order valence-corrected chi connectivity index (χ2v) is 2.47. The van der Waals surface area contributed by atoms with Gasteiger partial charge in [0.25, 0.3) is 0 Å². The van der Waals surface area contributed by atoms with Gasteiger partial charge in [-0.15, -0.1) is 0 Å². The van der Waals surface area contributed by atoms with Crippen LogP contribution in [0.5, 0.6) is 0 Å². The third kappa shape index (κ3) is 1.43. The van der Waals surface area contributed by atoms with Crippen molar-refractivity contribution >= 4 is 28.9 Å². The van der Waals surface area contributed by atoms with E-state index in [1.807, 2.05) is 0 Å². The van der Waals surface area contributed by atoms with Crippen molar-refractivity contribution in [3.63, 3.8) is 0 Å². The van der Waals surface area contributed by atoms with Gasteiger partial charge in [0.15, 0.2) is 0 Å². The van der Waals surface area contributed by atoms with E-state index in [0.29, 0.717) is 11.2 Å². The molecule has 4 nitrogen and oxygen atoms in total. The molecule has 1 aliphatic heterocycles. The summed E-state index contributed by atoms with van der Waals surface area (Å²) in [5.74, 6) is -1.19. The molecular weight excluding hydrogens is 166 g/mol. The van der Waals surface area contributed by atoms with Crippen molar-refractivity contribution in [2.75, 3.05) is 0 Å². The van der Waals surface area contributed by atoms with Crippen molar-refractivity contribution < 1.29 is 19.8 Å². The Morgan fingerprint density at radius 3 is 2.82 bits per heavy atom. The lowest BCUT2D eigenvalue weighted by Crippen LogP contribution is -2.30. The molecule has 0 saturated heterocycles. The third-order valence-electron chi connectivity index (χ3n) is 1.25. The number of hydroxylamine groups is 1. The first-order chi connectivity index (χ1) is 5.13. The lowest BCUT2D eigenvalue weighted by Gasteiger charge is -1.98. The monoisotopic (exact) mass is 172 g/mol. The number of thiocarbonyl (C=S) groups is 1. The van der Waals surface area contributed by atoms with Crippen LogP contribution < -0.4 is 0 Å². The summed E-state index contributed by atoms with van der Waals surface area (Å²) in [5, 5.41) is 17.5. The number of hydrogen-bond donors (Lipinski definition) is 2. The molecule has 1 rings (SSSR count). The zero-order chi connectivity index (χ0) is 8.43. The molecule has 0 bridgehead atoms. The highest BCUT2D eigenvalue weighted by atomic mass is 32.1. The Labute approximate surface area is 68.0 Å². The fourth-order valence-electron chi connectivity index (χ4n) is 0.725. The van der Waals surface area contributed by atoms with Crippen LogP contribution in [0.1, 0.15) is 6.42 Å². The molecule has 1 aliphatic rings. The number of hydrogen-bond acceptors (Lipinski definition) is 3. The van der Waals surface area contributed by atoms with E-state index in [2.05, 4.69) is 12.2 Å². The molecule has 58 valence electrons. The molecular formula is C6H6NO3S+. The van der Waals surface area contributed by atoms with E-state index in [1.165, 1.54) is 6.08 Å². The summed E-state index contributed by atoms with van der Waals surface area (Å²) in [5.41, 5.74) is -0.207. The topological polar surface area (TPSA) is 60.5 Å². The van der Waals surface area contributed by atoms with E-state index >= 15 is 0 Å². The van der Waals surface area contributed by atoms with Crippen molar-refractivity contribution in [1.82, 2.24) is 0 Å². The van der Waals surface area contributed by atoms with Crippen molar-refractivity contribution in [2.24, 2.45) is 0 Å². The van der Waals surface area contributed by atoms with Crippen LogP contribution in [-0.4, -0.2) is 31.7 Å². The van der Waals surface area contributed by atoms with Crippen LogP contribution in [0.4, 0.5) is 0 Å². The van der Waals surface area contributed by atoms with Crippen molar-refractivity contribution in [1.29, 1.82) is 0 Å². The van der Waals surface area contributed by atoms with Gasteiger partial charge >= 0.3 is 16.7 Å². The highest BCUT2D eigenvalue weighted by Gasteiger charge is 2.27. The quantitative estimate of drug-likeness (QED) is 0.337. The Hall–Kier alpha value is -1.23. The average molecular weight is 172 g/mol. The van der Waals surface area contributed by atoms with Gasteiger partial charge in [-0.25, -0.2) is 4.79 Å². The number of rotatable bonds is 1. The largest absolute Gasteiger partial charge is 0.473 e. The van der Waals surface area contributed by atoms with E-state index < -0.39 is 5.97 Å². The molecule has 0 atom stereocenters. The summed E-state index contributed by atoms with van der Waals surface area (Å²) in [6.07, 6.45) is 3.32. The zero-order valence-electron chi connectivity index (χ0n) is 5.52. The second kappa shape index (κ2) is 2.79. The minimum Gasteiger partial charge on any atom is -0.473 e. The molecule has 0 aromatic carbocycles. The van der Waals surface area contributed by atoms with E-state index in [0.717, 1.165) is 0 Å². The van der Waals surface area contributed by atoms with Crippen LogP contribution in [0.2, 0.25) is 0 Å². The fraction of sp³-hybridized carbons (Fsp3) is 0.167. The smallest absolute Gasteiger partial charge is 0.406 e. The molecule has 0 unspecified atom stereocenters. The maximum absolute atomic E-state index is 10.4. The predicted octanol–water partition coefficient (Wildman–Crippen LogP) is 0.201. The Balaban J connectivity index is 3.08. The van der Waals surface area contributed by atoms with Gasteiger partial charge in [0, 0.05) is 10.8 Å². The molecule has 0 amide bonds. The van der Waals surface area contributed by atoms with E-state index in [4.69, 9.17) is 10.3 Å². The van der Waals surface area contributed by atoms with Crippen LogP contribution in [0.3, 0.4) is 0 Å². The minimum absolute atomic E-state index is 0.199. The highest BCUT2D eigenvalue weighted by Crippen LogP contribution is 1.99. The third-order valence-corrected chi connectivity index (χ3v) is 1.59. The number of aliphatic carboxylic acids is 1. The Kier molecular flexibility index (Phi) is 2.00. The Morgan fingerprint density at radius 1 is 1.73 bits per heavy atom. The molecule has 0 aromatic rings. The van der Waals surface area contributed by atoms with Crippen LogP contribution in [0, 0.1) is 0 Å². The lowest BCUT2D eigenvalue weighted by atomic mass is 10.2. The standard InChI is InChI=1S/C6H5NO3S/c8-6(9)4-2-1-3-5(11)7(4)10/h1-2H,3H2,(H-,8,9,10)/p+1. The van der Waals surface area contributed by atoms with Gasteiger partial charge in [0.05, 0.1) is 6.42 Å². The van der Waals surface area contributed by atoms with Crippen LogP contribution in [0.15, 0.2) is 12.2 Å². The van der Waals surface area contributed by atoms with E-state index in [9.17, 15) is 4.79 Å². The maximum atomic E-state index is 10.4. The summed E-state index contributed by atoms with van der Waals surface area (Å²) in [4.78, 5) is 10.6. The van der Waals surface area contributed by atoms with Gasteiger partial charge in [0.2, 0.25) is 0 Å². The summed E-state index contributed by atoms with van der Waals surface area (Å²) < 4.78 is 0.512. The number of carboxylic acids is 1. The summed E-state index contributed by atoms with van der Waals surface area (Å²) in [7, 11) is 0. The first-order valence-electron chi connectivity index (χ1n) is 2.91. The molecule has 11 heavy (non-hydrogen) atoms. The Morgan fingerprint density at radius 2 is 2.36 bits per heavy atom. The predicted molar refractivity (Wildman–Crippen MR) is 41.0 cm³/mol. The van der Waals surface area contributed by atoms with E-state index in [-0.39, 0.29) is 10.7 Å². The fourth-order valence-corrected chi connectivity index (χ4v) is 0.919. The van der Waals surface area contributed by atoms with Crippen LogP contribution in [-0.2, 0) is 4.79 Å².